The second-order valence-electron chi connectivity index (χ2n) is 4.38. The van der Waals surface area contributed by atoms with Gasteiger partial charge in [-0.05, 0) is 32.2 Å². The Labute approximate surface area is 105 Å². The minimum absolute atomic E-state index is 0.180. The zero-order chi connectivity index (χ0) is 12.7. The molecule has 0 aromatic heterocycles. The molecule has 0 aromatic rings. The molecule has 98 valence electrons. The fraction of sp³-hybridized carbons (Fsp3) is 0.833. The van der Waals surface area contributed by atoms with Crippen LogP contribution in [0.15, 0.2) is 0 Å². The van der Waals surface area contributed by atoms with Gasteiger partial charge in [-0.15, -0.1) is 6.42 Å². The van der Waals surface area contributed by atoms with Crippen LogP contribution in [-0.4, -0.2) is 44.2 Å². The number of hydrogen-bond acceptors (Lipinski definition) is 3. The quantitative estimate of drug-likeness (QED) is 0.492. The summed E-state index contributed by atoms with van der Waals surface area (Å²) in [6.07, 6.45) is 9.29. The summed E-state index contributed by atoms with van der Waals surface area (Å²) < 4.78 is 25.1. The Balaban J connectivity index is 2.19. The lowest BCUT2D eigenvalue weighted by atomic mass is 10.3. The van der Waals surface area contributed by atoms with E-state index in [1.807, 2.05) is 6.92 Å². The minimum atomic E-state index is -3.16. The normalized spacial score (nSPS) is 16.1. The fourth-order valence-electron chi connectivity index (χ4n) is 1.64. The van der Waals surface area contributed by atoms with Crippen LogP contribution in [0.5, 0.6) is 0 Å². The van der Waals surface area contributed by atoms with Gasteiger partial charge in [0, 0.05) is 12.6 Å². The molecule has 0 unspecified atom stereocenters. The molecule has 0 atom stereocenters. The van der Waals surface area contributed by atoms with Crippen molar-refractivity contribution in [1.29, 1.82) is 0 Å². The van der Waals surface area contributed by atoms with Crippen LogP contribution in [-0.2, 0) is 10.0 Å². The second kappa shape index (κ2) is 7.00. The van der Waals surface area contributed by atoms with Crippen LogP contribution < -0.4 is 5.32 Å². The van der Waals surface area contributed by atoms with Crippen molar-refractivity contribution in [2.45, 2.75) is 38.6 Å². The van der Waals surface area contributed by atoms with Crippen molar-refractivity contribution >= 4 is 10.0 Å². The van der Waals surface area contributed by atoms with Crippen molar-refractivity contribution in [3.8, 4) is 12.3 Å². The second-order valence-corrected chi connectivity index (χ2v) is 6.47. The number of nitrogens with one attached hydrogen (secondary N) is 1. The third kappa shape index (κ3) is 5.53. The van der Waals surface area contributed by atoms with Crippen molar-refractivity contribution in [1.82, 2.24) is 9.62 Å². The van der Waals surface area contributed by atoms with Gasteiger partial charge in [0.2, 0.25) is 10.0 Å². The van der Waals surface area contributed by atoms with Crippen LogP contribution in [0, 0.1) is 12.3 Å². The Hall–Kier alpha value is -0.570. The molecule has 1 saturated carbocycles. The van der Waals surface area contributed by atoms with Gasteiger partial charge in [-0.3, -0.25) is 0 Å². The first kappa shape index (κ1) is 14.5. The van der Waals surface area contributed by atoms with Gasteiger partial charge in [-0.1, -0.05) is 12.8 Å². The van der Waals surface area contributed by atoms with Crippen LogP contribution >= 0.6 is 0 Å². The standard InChI is InChI=1S/C12H22N2O2S/c1-3-10-14(4-2)17(15,16)11-6-5-9-13-12-7-8-12/h1,12-13H,4-11H2,2H3. The van der Waals surface area contributed by atoms with E-state index < -0.39 is 10.0 Å². The molecule has 0 radical (unpaired) electrons. The third-order valence-electron chi connectivity index (χ3n) is 2.85. The Kier molecular flexibility index (Phi) is 5.96. The molecule has 0 spiro atoms. The molecule has 1 aliphatic carbocycles. The van der Waals surface area contributed by atoms with Crippen LogP contribution in [0.4, 0.5) is 0 Å². The van der Waals surface area contributed by atoms with E-state index in [0.29, 0.717) is 19.0 Å². The Morgan fingerprint density at radius 3 is 2.65 bits per heavy atom. The van der Waals surface area contributed by atoms with Gasteiger partial charge in [0.05, 0.1) is 12.3 Å². The van der Waals surface area contributed by atoms with Gasteiger partial charge in [0.15, 0.2) is 0 Å². The summed E-state index contributed by atoms with van der Waals surface area (Å²) in [6.45, 7) is 3.36. The molecule has 0 amide bonds. The molecule has 5 heteroatoms. The average molecular weight is 258 g/mol. The molecular formula is C12H22N2O2S. The number of sulfonamides is 1. The number of nitrogens with zero attached hydrogens (tertiary/aromatic N) is 1. The summed E-state index contributed by atoms with van der Waals surface area (Å²) in [5.41, 5.74) is 0. The maximum atomic E-state index is 11.9. The average Bonchev–Trinajstić information content (AvgIpc) is 3.09. The van der Waals surface area contributed by atoms with Crippen molar-refractivity contribution < 1.29 is 8.42 Å². The fourth-order valence-corrected chi connectivity index (χ4v) is 3.13. The highest BCUT2D eigenvalue weighted by atomic mass is 32.2. The highest BCUT2D eigenvalue weighted by Crippen LogP contribution is 2.18. The van der Waals surface area contributed by atoms with E-state index >= 15 is 0 Å². The highest BCUT2D eigenvalue weighted by Gasteiger charge is 2.21. The first-order valence-electron chi connectivity index (χ1n) is 6.25. The minimum Gasteiger partial charge on any atom is -0.314 e. The first-order chi connectivity index (χ1) is 8.10. The van der Waals surface area contributed by atoms with E-state index in [0.717, 1.165) is 13.0 Å². The third-order valence-corrected chi connectivity index (χ3v) is 4.83. The SMILES string of the molecule is C#CCN(CC)S(=O)(=O)CCCCNC1CC1. The predicted octanol–water partition coefficient (Wildman–Crippen LogP) is 0.803. The Morgan fingerprint density at radius 1 is 1.41 bits per heavy atom. The van der Waals surface area contributed by atoms with Gasteiger partial charge in [-0.25, -0.2) is 8.42 Å². The van der Waals surface area contributed by atoms with Crippen molar-refractivity contribution in [2.24, 2.45) is 0 Å². The van der Waals surface area contributed by atoms with E-state index in [-0.39, 0.29) is 12.3 Å². The van der Waals surface area contributed by atoms with E-state index in [4.69, 9.17) is 6.42 Å². The molecule has 1 aliphatic rings. The maximum Gasteiger partial charge on any atom is 0.214 e. The van der Waals surface area contributed by atoms with Crippen molar-refractivity contribution in [3.63, 3.8) is 0 Å². The topological polar surface area (TPSA) is 49.4 Å². The molecule has 1 rings (SSSR count). The molecule has 0 bridgehead atoms. The van der Waals surface area contributed by atoms with E-state index in [1.165, 1.54) is 17.1 Å². The van der Waals surface area contributed by atoms with Gasteiger partial charge < -0.3 is 5.32 Å². The van der Waals surface area contributed by atoms with Crippen LogP contribution in [0.1, 0.15) is 32.6 Å². The number of hydrogen-bond donors (Lipinski definition) is 1. The van der Waals surface area contributed by atoms with Gasteiger partial charge >= 0.3 is 0 Å². The number of terminal acetylenes is 1. The molecule has 0 aliphatic heterocycles. The van der Waals surface area contributed by atoms with E-state index in [1.54, 1.807) is 0 Å². The first-order valence-corrected chi connectivity index (χ1v) is 7.85. The van der Waals surface area contributed by atoms with Crippen molar-refractivity contribution in [3.05, 3.63) is 0 Å². The summed E-state index contributed by atoms with van der Waals surface area (Å²) in [5, 5.41) is 3.37. The van der Waals surface area contributed by atoms with Gasteiger partial charge in [0.25, 0.3) is 0 Å². The lowest BCUT2D eigenvalue weighted by Gasteiger charge is -2.17. The van der Waals surface area contributed by atoms with E-state index in [2.05, 4.69) is 11.2 Å². The predicted molar refractivity (Wildman–Crippen MR) is 70.1 cm³/mol. The Morgan fingerprint density at radius 2 is 2.12 bits per heavy atom. The smallest absolute Gasteiger partial charge is 0.214 e. The van der Waals surface area contributed by atoms with Crippen LogP contribution in [0.3, 0.4) is 0 Å². The molecule has 0 aromatic carbocycles. The zero-order valence-electron chi connectivity index (χ0n) is 10.5. The monoisotopic (exact) mass is 258 g/mol. The van der Waals surface area contributed by atoms with E-state index in [9.17, 15) is 8.42 Å². The molecule has 0 heterocycles. The van der Waals surface area contributed by atoms with Crippen LogP contribution in [0.2, 0.25) is 0 Å². The molecular weight excluding hydrogens is 236 g/mol. The number of unbranched alkanes of at least 4 members (excludes halogenated alkanes) is 1. The van der Waals surface area contributed by atoms with Gasteiger partial charge in [-0.2, -0.15) is 4.31 Å². The summed E-state index contributed by atoms with van der Waals surface area (Å²) in [4.78, 5) is 0. The summed E-state index contributed by atoms with van der Waals surface area (Å²) in [5.74, 6) is 2.59. The summed E-state index contributed by atoms with van der Waals surface area (Å²) in [7, 11) is -3.16. The Bertz CT molecular complexity index is 355. The maximum absolute atomic E-state index is 11.9. The summed E-state index contributed by atoms with van der Waals surface area (Å²) >= 11 is 0. The largest absolute Gasteiger partial charge is 0.314 e. The lowest BCUT2D eigenvalue weighted by Crippen LogP contribution is -2.33. The highest BCUT2D eigenvalue weighted by molar-refractivity contribution is 7.89. The summed E-state index contributed by atoms with van der Waals surface area (Å²) in [6, 6.07) is 0.695. The zero-order valence-corrected chi connectivity index (χ0v) is 11.3. The van der Waals surface area contributed by atoms with Crippen molar-refractivity contribution in [2.75, 3.05) is 25.4 Å². The lowest BCUT2D eigenvalue weighted by molar-refractivity contribution is 0.461. The van der Waals surface area contributed by atoms with Crippen LogP contribution in [0.25, 0.3) is 0 Å². The molecule has 1 fully saturated rings. The number of rotatable bonds is 9. The van der Waals surface area contributed by atoms with Gasteiger partial charge in [0.1, 0.15) is 0 Å². The molecule has 4 nitrogen and oxygen atoms in total. The molecule has 0 saturated heterocycles. The molecule has 1 N–H and O–H groups in total. The molecule has 17 heavy (non-hydrogen) atoms.